The number of rotatable bonds is 13. The number of benzene rings is 5. The van der Waals surface area contributed by atoms with Crippen molar-refractivity contribution in [2.75, 3.05) is 17.6 Å². The first-order valence-corrected chi connectivity index (χ1v) is 19.5. The van der Waals surface area contributed by atoms with Crippen molar-refractivity contribution in [3.05, 3.63) is 184 Å². The Morgan fingerprint density at radius 3 is 1.98 bits per heavy atom. The van der Waals surface area contributed by atoms with Gasteiger partial charge in [-0.05, 0) is 63.9 Å². The zero-order valence-corrected chi connectivity index (χ0v) is 30.1. The fraction of sp³-hybridized carbons (Fsp3) is 0.238. The molecule has 0 spiro atoms. The molecule has 7 rings (SSSR count). The lowest BCUT2D eigenvalue weighted by Gasteiger charge is -2.35. The molecule has 0 bridgehead atoms. The second kappa shape index (κ2) is 15.4. The van der Waals surface area contributed by atoms with E-state index in [-0.39, 0.29) is 30.4 Å². The van der Waals surface area contributed by atoms with Gasteiger partial charge >= 0.3 is 0 Å². The Morgan fingerprint density at radius 2 is 1.42 bits per heavy atom. The predicted octanol–water partition coefficient (Wildman–Crippen LogP) is 6.60. The molecule has 0 amide bonds. The molecule has 0 aliphatic carbocycles. The standard InChI is InChI=1S/C42H41F2N5O3S/c1-2-29-18-19-31-26-53(51,52)27-39(37(31)22-29)45-25-40(50)38(23-30-20-35(43)24-36(44)21-30)47-41-46-28-49(48-41)42(32-12-6-3-7-13-32,33-14-8-4-9-15-33)34-16-10-5-11-17-34/h3-22,24,28,38-40,45,50H,2,23,25-27H2,1H3,(H,47,48). The highest BCUT2D eigenvalue weighted by molar-refractivity contribution is 7.90. The maximum atomic E-state index is 14.4. The molecule has 3 N–H and O–H groups in total. The number of sulfone groups is 1. The topological polar surface area (TPSA) is 109 Å². The van der Waals surface area contributed by atoms with E-state index in [9.17, 15) is 22.3 Å². The van der Waals surface area contributed by atoms with Crippen LogP contribution in [-0.4, -0.2) is 52.7 Å². The number of aliphatic hydroxyl groups excluding tert-OH is 1. The monoisotopic (exact) mass is 733 g/mol. The molecule has 1 aliphatic rings. The minimum absolute atomic E-state index is 0.0197. The van der Waals surface area contributed by atoms with Crippen molar-refractivity contribution >= 4 is 15.8 Å². The van der Waals surface area contributed by atoms with Crippen molar-refractivity contribution in [2.24, 2.45) is 0 Å². The third-order valence-electron chi connectivity index (χ3n) is 9.93. The molecule has 2 heterocycles. The highest BCUT2D eigenvalue weighted by Gasteiger charge is 2.40. The molecule has 1 aliphatic heterocycles. The smallest absolute Gasteiger partial charge is 0.242 e. The minimum atomic E-state index is -3.39. The van der Waals surface area contributed by atoms with Crippen LogP contribution in [-0.2, 0) is 34.0 Å². The highest BCUT2D eigenvalue weighted by atomic mass is 32.2. The van der Waals surface area contributed by atoms with E-state index in [1.54, 1.807) is 11.0 Å². The summed E-state index contributed by atoms with van der Waals surface area (Å²) in [5, 5.41) is 23.3. The van der Waals surface area contributed by atoms with Gasteiger partial charge in [0, 0.05) is 18.7 Å². The maximum Gasteiger partial charge on any atom is 0.242 e. The van der Waals surface area contributed by atoms with E-state index in [2.05, 4.69) is 15.6 Å². The quantitative estimate of drug-likeness (QED) is 0.115. The number of nitrogens with zero attached hydrogens (tertiary/aromatic N) is 3. The van der Waals surface area contributed by atoms with Crippen LogP contribution < -0.4 is 10.6 Å². The molecule has 5 aromatic carbocycles. The number of hydrogen-bond donors (Lipinski definition) is 3. The first-order valence-electron chi connectivity index (χ1n) is 17.7. The average Bonchev–Trinajstić information content (AvgIpc) is 3.62. The largest absolute Gasteiger partial charge is 0.390 e. The molecule has 11 heteroatoms. The summed E-state index contributed by atoms with van der Waals surface area (Å²) in [5.74, 6) is -1.42. The van der Waals surface area contributed by atoms with Crippen LogP contribution in [0.25, 0.3) is 0 Å². The number of aliphatic hydroxyl groups is 1. The molecule has 0 saturated heterocycles. The number of fused-ring (bicyclic) bond motifs is 1. The molecule has 3 atom stereocenters. The van der Waals surface area contributed by atoms with Crippen LogP contribution >= 0.6 is 0 Å². The zero-order valence-electron chi connectivity index (χ0n) is 29.2. The molecule has 0 saturated carbocycles. The van der Waals surface area contributed by atoms with Crippen molar-refractivity contribution in [1.82, 2.24) is 20.1 Å². The number of hydrogen-bond acceptors (Lipinski definition) is 7. The van der Waals surface area contributed by atoms with E-state index >= 15 is 0 Å². The fourth-order valence-electron chi connectivity index (χ4n) is 7.39. The fourth-order valence-corrected chi connectivity index (χ4v) is 9.05. The van der Waals surface area contributed by atoms with E-state index in [0.29, 0.717) is 5.56 Å². The first-order chi connectivity index (χ1) is 25.6. The van der Waals surface area contributed by atoms with Gasteiger partial charge in [-0.1, -0.05) is 116 Å². The third-order valence-corrected chi connectivity index (χ3v) is 11.5. The van der Waals surface area contributed by atoms with Gasteiger partial charge in [-0.2, -0.15) is 0 Å². The Morgan fingerprint density at radius 1 is 0.830 bits per heavy atom. The van der Waals surface area contributed by atoms with Gasteiger partial charge in [0.1, 0.15) is 23.5 Å². The summed E-state index contributed by atoms with van der Waals surface area (Å²) in [6.07, 6.45) is 1.30. The number of halogens is 2. The summed E-state index contributed by atoms with van der Waals surface area (Å²) in [7, 11) is -3.39. The lowest BCUT2D eigenvalue weighted by atomic mass is 9.77. The van der Waals surface area contributed by atoms with Crippen LogP contribution in [0.3, 0.4) is 0 Å². The second-order valence-corrected chi connectivity index (χ2v) is 15.6. The molecular weight excluding hydrogens is 693 g/mol. The first kappa shape index (κ1) is 36.1. The lowest BCUT2D eigenvalue weighted by molar-refractivity contribution is 0.145. The molecule has 6 aromatic rings. The van der Waals surface area contributed by atoms with E-state index in [0.717, 1.165) is 45.9 Å². The summed E-state index contributed by atoms with van der Waals surface area (Å²) < 4.78 is 56.3. The van der Waals surface area contributed by atoms with Gasteiger partial charge in [0.25, 0.3) is 0 Å². The molecule has 272 valence electrons. The van der Waals surface area contributed by atoms with Gasteiger partial charge in [0.2, 0.25) is 5.95 Å². The van der Waals surface area contributed by atoms with Crippen LogP contribution in [0, 0.1) is 11.6 Å². The maximum absolute atomic E-state index is 14.4. The number of aromatic nitrogens is 3. The Kier molecular flexibility index (Phi) is 10.5. The van der Waals surface area contributed by atoms with Crippen molar-refractivity contribution in [3.63, 3.8) is 0 Å². The van der Waals surface area contributed by atoms with Crippen LogP contribution in [0.15, 0.2) is 134 Å². The molecule has 53 heavy (non-hydrogen) atoms. The highest BCUT2D eigenvalue weighted by Crippen LogP contribution is 2.40. The van der Waals surface area contributed by atoms with Gasteiger partial charge in [0.05, 0.1) is 23.7 Å². The molecular formula is C42H41F2N5O3S. The van der Waals surface area contributed by atoms with E-state index in [4.69, 9.17) is 5.10 Å². The molecule has 8 nitrogen and oxygen atoms in total. The predicted molar refractivity (Wildman–Crippen MR) is 202 cm³/mol. The number of anilines is 1. The van der Waals surface area contributed by atoms with Crippen LogP contribution in [0.5, 0.6) is 0 Å². The van der Waals surface area contributed by atoms with Gasteiger partial charge in [-0.15, -0.1) is 5.10 Å². The normalized spacial score (nSPS) is 16.4. The Bertz CT molecular complexity index is 2150. The molecule has 1 aromatic heterocycles. The Balaban J connectivity index is 1.24. The van der Waals surface area contributed by atoms with Gasteiger partial charge in [-0.3, -0.25) is 0 Å². The van der Waals surface area contributed by atoms with Crippen molar-refractivity contribution in [2.45, 2.75) is 49.2 Å². The van der Waals surface area contributed by atoms with E-state index in [1.807, 2.05) is 116 Å². The van der Waals surface area contributed by atoms with E-state index in [1.165, 1.54) is 12.1 Å². The minimum Gasteiger partial charge on any atom is -0.390 e. The summed E-state index contributed by atoms with van der Waals surface area (Å²) in [6.45, 7) is 2.02. The third kappa shape index (κ3) is 7.78. The van der Waals surface area contributed by atoms with E-state index < -0.39 is 45.2 Å². The van der Waals surface area contributed by atoms with Crippen molar-refractivity contribution in [3.8, 4) is 0 Å². The molecule has 3 unspecified atom stereocenters. The lowest BCUT2D eigenvalue weighted by Crippen LogP contribution is -2.45. The molecule has 0 fully saturated rings. The van der Waals surface area contributed by atoms with Crippen LogP contribution in [0.1, 0.15) is 51.9 Å². The second-order valence-electron chi connectivity index (χ2n) is 13.5. The van der Waals surface area contributed by atoms with Gasteiger partial charge in [-0.25, -0.2) is 26.9 Å². The van der Waals surface area contributed by atoms with Crippen LogP contribution in [0.4, 0.5) is 14.7 Å². The summed E-state index contributed by atoms with van der Waals surface area (Å²) in [6, 6.07) is 37.7. The van der Waals surface area contributed by atoms with Crippen LogP contribution in [0.2, 0.25) is 0 Å². The SMILES string of the molecule is CCc1ccc2c(c1)C(NCC(O)C(Cc1cc(F)cc(F)c1)Nc1ncn(C(c3ccccc3)(c3ccccc3)c3ccccc3)n1)CS(=O)(=O)C2. The zero-order chi connectivity index (χ0) is 37.0. The van der Waals surface area contributed by atoms with Gasteiger partial charge in [0.15, 0.2) is 9.84 Å². The summed E-state index contributed by atoms with van der Waals surface area (Å²) >= 11 is 0. The van der Waals surface area contributed by atoms with Gasteiger partial charge < -0.3 is 15.7 Å². The Labute approximate surface area is 308 Å². The summed E-state index contributed by atoms with van der Waals surface area (Å²) in [4.78, 5) is 4.66. The average molecular weight is 734 g/mol. The van der Waals surface area contributed by atoms with Crippen molar-refractivity contribution < 1.29 is 22.3 Å². The Hall–Kier alpha value is -5.23. The molecule has 0 radical (unpaired) electrons. The van der Waals surface area contributed by atoms with Crippen molar-refractivity contribution in [1.29, 1.82) is 0 Å². The number of aryl methyl sites for hydroxylation is 1. The summed E-state index contributed by atoms with van der Waals surface area (Å²) in [5.41, 5.74) is 4.93. The number of nitrogens with one attached hydrogen (secondary N) is 2.